The molecule has 0 saturated heterocycles. The summed E-state index contributed by atoms with van der Waals surface area (Å²) in [6.07, 6.45) is 4.84. The SMILES string of the molecule is CCCn1cncc1COc1ccc(C)cc1CNC. The maximum absolute atomic E-state index is 5.98. The maximum atomic E-state index is 5.98. The van der Waals surface area contributed by atoms with Gasteiger partial charge >= 0.3 is 0 Å². The lowest BCUT2D eigenvalue weighted by molar-refractivity contribution is 0.291. The minimum atomic E-state index is 0.555. The fourth-order valence-electron chi connectivity index (χ4n) is 2.24. The smallest absolute Gasteiger partial charge is 0.130 e. The van der Waals surface area contributed by atoms with Crippen molar-refractivity contribution in [1.29, 1.82) is 0 Å². The van der Waals surface area contributed by atoms with Crippen LogP contribution in [0.15, 0.2) is 30.7 Å². The minimum Gasteiger partial charge on any atom is -0.487 e. The Kier molecular flexibility index (Phi) is 5.18. The first-order valence-electron chi connectivity index (χ1n) is 7.10. The first-order valence-corrected chi connectivity index (χ1v) is 7.10. The molecule has 2 aromatic rings. The van der Waals surface area contributed by atoms with E-state index in [4.69, 9.17) is 4.74 Å². The molecule has 20 heavy (non-hydrogen) atoms. The van der Waals surface area contributed by atoms with E-state index in [9.17, 15) is 0 Å². The monoisotopic (exact) mass is 273 g/mol. The summed E-state index contributed by atoms with van der Waals surface area (Å²) in [6, 6.07) is 6.29. The molecule has 0 aliphatic rings. The molecule has 0 spiro atoms. The molecule has 108 valence electrons. The van der Waals surface area contributed by atoms with Crippen LogP contribution in [0.2, 0.25) is 0 Å². The molecule has 1 aromatic heterocycles. The fraction of sp³-hybridized carbons (Fsp3) is 0.438. The van der Waals surface area contributed by atoms with Crippen molar-refractivity contribution in [1.82, 2.24) is 14.9 Å². The van der Waals surface area contributed by atoms with E-state index in [1.54, 1.807) is 0 Å². The van der Waals surface area contributed by atoms with E-state index >= 15 is 0 Å². The molecule has 1 heterocycles. The zero-order valence-corrected chi connectivity index (χ0v) is 12.5. The molecule has 0 aliphatic heterocycles. The Hall–Kier alpha value is -1.81. The van der Waals surface area contributed by atoms with Crippen LogP contribution >= 0.6 is 0 Å². The third-order valence-corrected chi connectivity index (χ3v) is 3.22. The normalized spacial score (nSPS) is 10.8. The Labute approximate surface area is 120 Å². The van der Waals surface area contributed by atoms with Gasteiger partial charge in [-0.25, -0.2) is 4.98 Å². The molecule has 4 heteroatoms. The van der Waals surface area contributed by atoms with Gasteiger partial charge in [0.1, 0.15) is 12.4 Å². The van der Waals surface area contributed by atoms with Gasteiger partial charge in [0, 0.05) is 18.7 Å². The number of hydrogen-bond donors (Lipinski definition) is 1. The van der Waals surface area contributed by atoms with Gasteiger partial charge in [0.05, 0.1) is 18.2 Å². The molecule has 4 nitrogen and oxygen atoms in total. The first kappa shape index (κ1) is 14.6. The van der Waals surface area contributed by atoms with E-state index < -0.39 is 0 Å². The number of aromatic nitrogens is 2. The molecule has 0 bridgehead atoms. The Bertz CT molecular complexity index is 548. The van der Waals surface area contributed by atoms with Crippen molar-refractivity contribution in [3.05, 3.63) is 47.5 Å². The zero-order valence-electron chi connectivity index (χ0n) is 12.5. The van der Waals surface area contributed by atoms with E-state index in [-0.39, 0.29) is 0 Å². The summed E-state index contributed by atoms with van der Waals surface area (Å²) in [5, 5.41) is 3.18. The average molecular weight is 273 g/mol. The second-order valence-corrected chi connectivity index (χ2v) is 5.01. The van der Waals surface area contributed by atoms with Gasteiger partial charge in [0.15, 0.2) is 0 Å². The van der Waals surface area contributed by atoms with Crippen molar-refractivity contribution in [2.24, 2.45) is 0 Å². The van der Waals surface area contributed by atoms with Crippen LogP contribution in [-0.2, 0) is 19.7 Å². The summed E-state index contributed by atoms with van der Waals surface area (Å²) in [6.45, 7) is 6.61. The van der Waals surface area contributed by atoms with Crippen LogP contribution in [0.25, 0.3) is 0 Å². The topological polar surface area (TPSA) is 39.1 Å². The van der Waals surface area contributed by atoms with Crippen LogP contribution in [-0.4, -0.2) is 16.6 Å². The van der Waals surface area contributed by atoms with Crippen molar-refractivity contribution in [3.8, 4) is 5.75 Å². The van der Waals surface area contributed by atoms with Gasteiger partial charge in [-0.05, 0) is 26.5 Å². The predicted molar refractivity (Wildman–Crippen MR) is 80.8 cm³/mol. The highest BCUT2D eigenvalue weighted by Crippen LogP contribution is 2.21. The molecule has 0 unspecified atom stereocenters. The van der Waals surface area contributed by atoms with Crippen LogP contribution in [0.5, 0.6) is 5.75 Å². The van der Waals surface area contributed by atoms with Crippen LogP contribution in [0.4, 0.5) is 0 Å². The van der Waals surface area contributed by atoms with Gasteiger partial charge in [0.25, 0.3) is 0 Å². The summed E-state index contributed by atoms with van der Waals surface area (Å²) in [7, 11) is 1.95. The van der Waals surface area contributed by atoms with Crippen molar-refractivity contribution in [2.45, 2.75) is 40.0 Å². The highest BCUT2D eigenvalue weighted by atomic mass is 16.5. The highest BCUT2D eigenvalue weighted by Gasteiger charge is 2.06. The lowest BCUT2D eigenvalue weighted by atomic mass is 10.1. The number of hydrogen-bond acceptors (Lipinski definition) is 3. The van der Waals surface area contributed by atoms with Crippen molar-refractivity contribution < 1.29 is 4.74 Å². The molecule has 0 saturated carbocycles. The number of benzene rings is 1. The van der Waals surface area contributed by atoms with Crippen molar-refractivity contribution in [3.63, 3.8) is 0 Å². The number of rotatable bonds is 7. The third kappa shape index (κ3) is 3.61. The molecular formula is C16H23N3O. The van der Waals surface area contributed by atoms with Gasteiger partial charge < -0.3 is 14.6 Å². The number of nitrogens with zero attached hydrogens (tertiary/aromatic N) is 2. The van der Waals surface area contributed by atoms with E-state index in [2.05, 4.69) is 40.8 Å². The number of nitrogens with one attached hydrogen (secondary N) is 1. The average Bonchev–Trinajstić information content (AvgIpc) is 2.86. The maximum Gasteiger partial charge on any atom is 0.130 e. The number of ether oxygens (including phenoxy) is 1. The molecule has 0 atom stereocenters. The number of imidazole rings is 1. The minimum absolute atomic E-state index is 0.555. The number of aryl methyl sites for hydroxylation is 2. The largest absolute Gasteiger partial charge is 0.487 e. The van der Waals surface area contributed by atoms with Crippen LogP contribution in [0.1, 0.15) is 30.2 Å². The molecule has 1 aromatic carbocycles. The first-order chi connectivity index (χ1) is 9.74. The molecule has 0 fully saturated rings. The van der Waals surface area contributed by atoms with E-state index in [0.717, 1.165) is 31.0 Å². The van der Waals surface area contributed by atoms with E-state index in [1.165, 1.54) is 11.1 Å². The summed E-state index contributed by atoms with van der Waals surface area (Å²) in [5.74, 6) is 0.939. The quantitative estimate of drug-likeness (QED) is 0.843. The lowest BCUT2D eigenvalue weighted by Gasteiger charge is -2.13. The van der Waals surface area contributed by atoms with E-state index in [0.29, 0.717) is 6.61 Å². The third-order valence-electron chi connectivity index (χ3n) is 3.22. The second kappa shape index (κ2) is 7.10. The summed E-state index contributed by atoms with van der Waals surface area (Å²) >= 11 is 0. The summed E-state index contributed by atoms with van der Waals surface area (Å²) in [4.78, 5) is 4.20. The zero-order chi connectivity index (χ0) is 14.4. The second-order valence-electron chi connectivity index (χ2n) is 5.01. The Balaban J connectivity index is 2.08. The molecule has 0 amide bonds. The van der Waals surface area contributed by atoms with Gasteiger partial charge in [-0.1, -0.05) is 24.6 Å². The van der Waals surface area contributed by atoms with Crippen LogP contribution in [0, 0.1) is 6.92 Å². The highest BCUT2D eigenvalue weighted by molar-refractivity contribution is 5.36. The predicted octanol–water partition coefficient (Wildman–Crippen LogP) is 2.90. The fourth-order valence-corrected chi connectivity index (χ4v) is 2.24. The van der Waals surface area contributed by atoms with Crippen molar-refractivity contribution >= 4 is 0 Å². The molecule has 1 N–H and O–H groups in total. The molecule has 0 aliphatic carbocycles. The molecule has 0 radical (unpaired) electrons. The van der Waals surface area contributed by atoms with Gasteiger partial charge in [-0.15, -0.1) is 0 Å². The van der Waals surface area contributed by atoms with Gasteiger partial charge in [-0.3, -0.25) is 0 Å². The Morgan fingerprint density at radius 2 is 2.20 bits per heavy atom. The lowest BCUT2D eigenvalue weighted by Crippen LogP contribution is -2.09. The van der Waals surface area contributed by atoms with Crippen LogP contribution in [0.3, 0.4) is 0 Å². The van der Waals surface area contributed by atoms with Crippen LogP contribution < -0.4 is 10.1 Å². The summed E-state index contributed by atoms with van der Waals surface area (Å²) < 4.78 is 8.12. The Morgan fingerprint density at radius 3 is 2.95 bits per heavy atom. The summed E-state index contributed by atoms with van der Waals surface area (Å²) in [5.41, 5.74) is 3.55. The molecular weight excluding hydrogens is 250 g/mol. The van der Waals surface area contributed by atoms with E-state index in [1.807, 2.05) is 25.6 Å². The standard InChI is InChI=1S/C16H23N3O/c1-4-7-19-12-18-10-15(19)11-20-16-6-5-13(2)8-14(16)9-17-3/h5-6,8,10,12,17H,4,7,9,11H2,1-3H3. The Morgan fingerprint density at radius 1 is 1.35 bits per heavy atom. The van der Waals surface area contributed by atoms with Gasteiger partial charge in [0.2, 0.25) is 0 Å². The van der Waals surface area contributed by atoms with Gasteiger partial charge in [-0.2, -0.15) is 0 Å². The van der Waals surface area contributed by atoms with Crippen molar-refractivity contribution in [2.75, 3.05) is 7.05 Å². The molecule has 2 rings (SSSR count).